The van der Waals surface area contributed by atoms with Crippen molar-refractivity contribution in [3.8, 4) is 11.5 Å². The average Bonchev–Trinajstić information content (AvgIpc) is 3.17. The van der Waals surface area contributed by atoms with Gasteiger partial charge in [-0.1, -0.05) is 31.1 Å². The van der Waals surface area contributed by atoms with Crippen molar-refractivity contribution in [3.63, 3.8) is 0 Å². The van der Waals surface area contributed by atoms with Gasteiger partial charge < -0.3 is 24.6 Å². The molecule has 0 fully saturated rings. The van der Waals surface area contributed by atoms with E-state index in [4.69, 9.17) is 14.0 Å². The summed E-state index contributed by atoms with van der Waals surface area (Å²) < 4.78 is 17.1. The summed E-state index contributed by atoms with van der Waals surface area (Å²) >= 11 is 0. The number of para-hydroxylation sites is 2. The number of aliphatic imine (C=N–C) groups is 1. The van der Waals surface area contributed by atoms with Crippen LogP contribution in [0.1, 0.15) is 44.1 Å². The summed E-state index contributed by atoms with van der Waals surface area (Å²) in [6, 6.07) is 9.71. The Kier molecular flexibility index (Phi) is 8.88. The number of nitrogens with zero attached hydrogens (tertiary/aromatic N) is 2. The Hall–Kier alpha value is -1.97. The van der Waals surface area contributed by atoms with E-state index in [-0.39, 0.29) is 30.1 Å². The highest BCUT2D eigenvalue weighted by Crippen LogP contribution is 2.30. The second-order valence-corrected chi connectivity index (χ2v) is 6.54. The molecule has 1 unspecified atom stereocenters. The number of rotatable bonds is 7. The van der Waals surface area contributed by atoms with Crippen LogP contribution in [0.4, 0.5) is 0 Å². The number of benzene rings is 1. The molecule has 0 saturated carbocycles. The van der Waals surface area contributed by atoms with Crippen LogP contribution in [0, 0.1) is 0 Å². The summed E-state index contributed by atoms with van der Waals surface area (Å²) in [7, 11) is 1.73. The fraction of sp³-hybridized carbons (Fsp3) is 0.500. The van der Waals surface area contributed by atoms with Crippen molar-refractivity contribution in [3.05, 3.63) is 41.8 Å². The lowest BCUT2D eigenvalue weighted by atomic mass is 9.99. The minimum atomic E-state index is -0.0785. The van der Waals surface area contributed by atoms with E-state index < -0.39 is 0 Å². The van der Waals surface area contributed by atoms with Gasteiger partial charge in [-0.3, -0.25) is 4.99 Å². The van der Waals surface area contributed by atoms with Crippen LogP contribution in [0.3, 0.4) is 0 Å². The van der Waals surface area contributed by atoms with Gasteiger partial charge in [0.05, 0.1) is 18.8 Å². The number of guanidine groups is 1. The molecule has 0 spiro atoms. The monoisotopic (exact) mass is 500 g/mol. The maximum Gasteiger partial charge on any atom is 0.191 e. The molecule has 7 nitrogen and oxygen atoms in total. The molecule has 1 atom stereocenters. The molecule has 0 radical (unpaired) electrons. The Labute approximate surface area is 183 Å². The quantitative estimate of drug-likeness (QED) is 0.343. The molecule has 2 N–H and O–H groups in total. The van der Waals surface area contributed by atoms with Gasteiger partial charge in [0.2, 0.25) is 0 Å². The van der Waals surface area contributed by atoms with Crippen molar-refractivity contribution in [2.75, 3.05) is 20.2 Å². The van der Waals surface area contributed by atoms with E-state index in [0.717, 1.165) is 35.8 Å². The van der Waals surface area contributed by atoms with Gasteiger partial charge in [0.25, 0.3) is 0 Å². The second kappa shape index (κ2) is 11.1. The van der Waals surface area contributed by atoms with Gasteiger partial charge in [0.15, 0.2) is 23.2 Å². The first-order chi connectivity index (χ1) is 13.2. The second-order valence-electron chi connectivity index (χ2n) is 6.54. The van der Waals surface area contributed by atoms with E-state index in [2.05, 4.69) is 34.6 Å². The topological polar surface area (TPSA) is 80.9 Å². The van der Waals surface area contributed by atoms with E-state index in [1.165, 1.54) is 0 Å². The number of nitrogens with one attached hydrogen (secondary N) is 2. The Morgan fingerprint density at radius 1 is 1.21 bits per heavy atom. The predicted octanol–water partition coefficient (Wildman–Crippen LogP) is 3.70. The highest BCUT2D eigenvalue weighted by Gasteiger charge is 2.20. The van der Waals surface area contributed by atoms with Crippen LogP contribution in [-0.2, 0) is 6.54 Å². The molecule has 8 heteroatoms. The number of ether oxygens (including phenoxy) is 2. The summed E-state index contributed by atoms with van der Waals surface area (Å²) in [5, 5.41) is 10.7. The summed E-state index contributed by atoms with van der Waals surface area (Å²) in [6.45, 7) is 5.95. The summed E-state index contributed by atoms with van der Waals surface area (Å²) in [5.74, 6) is 3.49. The van der Waals surface area contributed by atoms with Crippen LogP contribution in [-0.4, -0.2) is 37.4 Å². The summed E-state index contributed by atoms with van der Waals surface area (Å²) in [6.07, 6.45) is 2.04. The molecule has 1 aromatic heterocycles. The van der Waals surface area contributed by atoms with Crippen LogP contribution in [0.5, 0.6) is 11.5 Å². The fourth-order valence-electron chi connectivity index (χ4n) is 3.08. The number of hydrogen-bond donors (Lipinski definition) is 2. The summed E-state index contributed by atoms with van der Waals surface area (Å²) in [5.41, 5.74) is 1.02. The third-order valence-electron chi connectivity index (χ3n) is 4.70. The highest BCUT2D eigenvalue weighted by atomic mass is 127. The standard InChI is InChI=1S/C20H28N4O3.HI/c1-4-14(5-2)17-10-15(27-24-17)11-22-20(21-3)23-12-16-13-25-18-8-6-7-9-19(18)26-16;/h6-10,14,16H,4-5,11-13H2,1-3H3,(H2,21,22,23);1H. The molecule has 28 heavy (non-hydrogen) atoms. The minimum Gasteiger partial charge on any atom is -0.486 e. The zero-order valence-corrected chi connectivity index (χ0v) is 18.9. The SMILES string of the molecule is CCC(CC)c1cc(CNC(=NC)NCC2COc3ccccc3O2)on1.I. The maximum absolute atomic E-state index is 5.95. The normalized spacial score (nSPS) is 15.9. The van der Waals surface area contributed by atoms with Crippen LogP contribution in [0.25, 0.3) is 0 Å². The van der Waals surface area contributed by atoms with Crippen LogP contribution < -0.4 is 20.1 Å². The molecule has 0 amide bonds. The van der Waals surface area contributed by atoms with Crippen LogP contribution in [0.2, 0.25) is 0 Å². The van der Waals surface area contributed by atoms with Crippen molar-refractivity contribution in [1.29, 1.82) is 0 Å². The number of fused-ring (bicyclic) bond motifs is 1. The van der Waals surface area contributed by atoms with Crippen molar-refractivity contribution in [2.24, 2.45) is 4.99 Å². The molecule has 2 aromatic rings. The molecular formula is C20H29IN4O3. The average molecular weight is 500 g/mol. The third-order valence-corrected chi connectivity index (χ3v) is 4.70. The Balaban J connectivity index is 0.00000280. The molecule has 1 aromatic carbocycles. The first-order valence-corrected chi connectivity index (χ1v) is 9.51. The number of halogens is 1. The molecular weight excluding hydrogens is 471 g/mol. The zero-order valence-electron chi connectivity index (χ0n) is 16.6. The predicted molar refractivity (Wildman–Crippen MR) is 120 cm³/mol. The van der Waals surface area contributed by atoms with Gasteiger partial charge in [-0.25, -0.2) is 0 Å². The number of hydrogen-bond acceptors (Lipinski definition) is 5. The van der Waals surface area contributed by atoms with E-state index in [9.17, 15) is 0 Å². The van der Waals surface area contributed by atoms with Crippen molar-refractivity contribution >= 4 is 29.9 Å². The number of aromatic nitrogens is 1. The van der Waals surface area contributed by atoms with Crippen molar-refractivity contribution in [2.45, 2.75) is 45.3 Å². The van der Waals surface area contributed by atoms with Crippen LogP contribution >= 0.6 is 24.0 Å². The Morgan fingerprint density at radius 2 is 1.96 bits per heavy atom. The van der Waals surface area contributed by atoms with E-state index in [1.807, 2.05) is 30.3 Å². The summed E-state index contributed by atoms with van der Waals surface area (Å²) in [4.78, 5) is 4.24. The van der Waals surface area contributed by atoms with Gasteiger partial charge in [0.1, 0.15) is 12.7 Å². The first-order valence-electron chi connectivity index (χ1n) is 9.51. The molecule has 1 aliphatic rings. The lowest BCUT2D eigenvalue weighted by molar-refractivity contribution is 0.0936. The van der Waals surface area contributed by atoms with Gasteiger partial charge in [-0.2, -0.15) is 0 Å². The highest BCUT2D eigenvalue weighted by molar-refractivity contribution is 14.0. The maximum atomic E-state index is 5.95. The van der Waals surface area contributed by atoms with Gasteiger partial charge in [-0.05, 0) is 25.0 Å². The van der Waals surface area contributed by atoms with E-state index in [0.29, 0.717) is 31.6 Å². The van der Waals surface area contributed by atoms with E-state index >= 15 is 0 Å². The van der Waals surface area contributed by atoms with Crippen molar-refractivity contribution in [1.82, 2.24) is 15.8 Å². The molecule has 154 valence electrons. The van der Waals surface area contributed by atoms with Gasteiger partial charge in [0, 0.05) is 19.0 Å². The zero-order chi connectivity index (χ0) is 19.1. The van der Waals surface area contributed by atoms with E-state index in [1.54, 1.807) is 7.05 Å². The lowest BCUT2D eigenvalue weighted by Gasteiger charge is -2.27. The Morgan fingerprint density at radius 3 is 2.68 bits per heavy atom. The van der Waals surface area contributed by atoms with Crippen molar-refractivity contribution < 1.29 is 14.0 Å². The lowest BCUT2D eigenvalue weighted by Crippen LogP contribution is -2.45. The molecule has 1 aliphatic heterocycles. The molecule has 0 saturated heterocycles. The third kappa shape index (κ3) is 5.76. The minimum absolute atomic E-state index is 0. The first kappa shape index (κ1) is 22.3. The smallest absolute Gasteiger partial charge is 0.191 e. The fourth-order valence-corrected chi connectivity index (χ4v) is 3.08. The molecule has 2 heterocycles. The molecule has 3 rings (SSSR count). The van der Waals surface area contributed by atoms with Crippen LogP contribution in [0.15, 0.2) is 39.8 Å². The van der Waals surface area contributed by atoms with Gasteiger partial charge >= 0.3 is 0 Å². The molecule has 0 bridgehead atoms. The largest absolute Gasteiger partial charge is 0.486 e. The Bertz CT molecular complexity index is 761. The van der Waals surface area contributed by atoms with Gasteiger partial charge in [-0.15, -0.1) is 24.0 Å². The molecule has 0 aliphatic carbocycles.